The molecule has 2 aromatic rings. The zero-order chi connectivity index (χ0) is 18.9. The lowest BCUT2D eigenvalue weighted by atomic mass is 10.1. The molecule has 1 unspecified atom stereocenters. The van der Waals surface area contributed by atoms with Crippen LogP contribution in [0.25, 0.3) is 0 Å². The summed E-state index contributed by atoms with van der Waals surface area (Å²) in [5.74, 6) is 7.01. The van der Waals surface area contributed by atoms with Crippen molar-refractivity contribution in [1.82, 2.24) is 0 Å². The second-order valence-electron chi connectivity index (χ2n) is 6.19. The number of amides is 1. The van der Waals surface area contributed by atoms with Gasteiger partial charge in [0, 0.05) is 0 Å². The van der Waals surface area contributed by atoms with Crippen LogP contribution in [0.1, 0.15) is 11.1 Å². The van der Waals surface area contributed by atoms with E-state index >= 15 is 0 Å². The van der Waals surface area contributed by atoms with E-state index in [1.165, 1.54) is 6.21 Å². The first-order valence-electron chi connectivity index (χ1n) is 8.37. The van der Waals surface area contributed by atoms with E-state index in [0.717, 1.165) is 11.1 Å². The monoisotopic (exact) mass is 360 g/mol. The first kappa shape index (κ1) is 16.9. The van der Waals surface area contributed by atoms with E-state index in [0.29, 0.717) is 23.9 Å². The van der Waals surface area contributed by atoms with Gasteiger partial charge in [-0.1, -0.05) is 36.4 Å². The Balaban J connectivity index is 1.64. The topological polar surface area (TPSA) is 103 Å². The molecular formula is C20H18N5O2+. The molecule has 0 aliphatic carbocycles. The van der Waals surface area contributed by atoms with E-state index in [2.05, 4.69) is 9.98 Å². The molecular weight excluding hydrogens is 342 g/mol. The Morgan fingerprint density at radius 2 is 1.93 bits per heavy atom. The van der Waals surface area contributed by atoms with Crippen molar-refractivity contribution in [2.75, 3.05) is 0 Å². The van der Waals surface area contributed by atoms with Crippen LogP contribution in [0.3, 0.4) is 0 Å². The first-order valence-corrected chi connectivity index (χ1v) is 8.37. The lowest BCUT2D eigenvalue weighted by Gasteiger charge is -2.26. The highest BCUT2D eigenvalue weighted by atomic mass is 16.5. The van der Waals surface area contributed by atoms with Gasteiger partial charge in [-0.05, 0) is 23.8 Å². The third-order valence-electron chi connectivity index (χ3n) is 4.37. The number of rotatable bonds is 5. The number of hydrogen-bond acceptors (Lipinski definition) is 5. The van der Waals surface area contributed by atoms with Crippen LogP contribution in [-0.2, 0) is 11.4 Å². The first-order chi connectivity index (χ1) is 13.1. The Morgan fingerprint density at radius 3 is 2.70 bits per heavy atom. The number of nitrogens with two attached hydrogens (primary N) is 2. The Labute approximate surface area is 156 Å². The van der Waals surface area contributed by atoms with E-state index in [4.69, 9.17) is 16.3 Å². The van der Waals surface area contributed by atoms with Crippen molar-refractivity contribution in [1.29, 1.82) is 0 Å². The number of fused-ring (bicyclic) bond motifs is 1. The zero-order valence-electron chi connectivity index (χ0n) is 14.4. The molecule has 0 saturated heterocycles. The maximum atomic E-state index is 11.8. The summed E-state index contributed by atoms with van der Waals surface area (Å²) < 4.78 is 5.62. The smallest absolute Gasteiger partial charge is 0.273 e. The highest BCUT2D eigenvalue weighted by Gasteiger charge is 2.45. The van der Waals surface area contributed by atoms with Crippen LogP contribution in [0.5, 0.6) is 5.75 Å². The summed E-state index contributed by atoms with van der Waals surface area (Å²) in [6.07, 6.45) is 4.73. The van der Waals surface area contributed by atoms with Crippen LogP contribution < -0.4 is 16.3 Å². The summed E-state index contributed by atoms with van der Waals surface area (Å²) in [7, 11) is 0. The third kappa shape index (κ3) is 3.05. The fourth-order valence-corrected chi connectivity index (χ4v) is 3.03. The third-order valence-corrected chi connectivity index (χ3v) is 4.37. The Kier molecular flexibility index (Phi) is 4.15. The Morgan fingerprint density at radius 1 is 1.11 bits per heavy atom. The van der Waals surface area contributed by atoms with Crippen molar-refractivity contribution >= 4 is 18.0 Å². The van der Waals surface area contributed by atoms with Crippen molar-refractivity contribution < 1.29 is 14.1 Å². The molecule has 4 N–H and O–H groups in total. The molecule has 7 heteroatoms. The normalized spacial score (nSPS) is 20.4. The van der Waals surface area contributed by atoms with Gasteiger partial charge in [-0.25, -0.2) is 0 Å². The molecule has 1 atom stereocenters. The van der Waals surface area contributed by atoms with Crippen molar-refractivity contribution in [2.45, 2.75) is 6.61 Å². The largest absolute Gasteiger partial charge is 0.489 e. The van der Waals surface area contributed by atoms with Gasteiger partial charge in [0.05, 0.1) is 18.0 Å². The molecule has 0 fully saturated rings. The number of carbonyl (C=O) groups excluding carboxylic acids is 1. The predicted molar refractivity (Wildman–Crippen MR) is 102 cm³/mol. The molecule has 0 spiro atoms. The van der Waals surface area contributed by atoms with E-state index in [1.54, 1.807) is 12.4 Å². The molecule has 134 valence electrons. The molecule has 0 saturated carbocycles. The molecule has 4 rings (SSSR count). The van der Waals surface area contributed by atoms with Crippen LogP contribution in [0.4, 0.5) is 0 Å². The highest BCUT2D eigenvalue weighted by Crippen LogP contribution is 2.31. The van der Waals surface area contributed by atoms with E-state index < -0.39 is 5.91 Å². The Bertz CT molecular complexity index is 1020. The van der Waals surface area contributed by atoms with Crippen molar-refractivity contribution in [3.05, 3.63) is 89.5 Å². The van der Waals surface area contributed by atoms with Gasteiger partial charge < -0.3 is 10.5 Å². The van der Waals surface area contributed by atoms with Gasteiger partial charge in [0.15, 0.2) is 5.70 Å². The van der Waals surface area contributed by atoms with E-state index in [1.807, 2.05) is 54.6 Å². The number of allylic oxidation sites excluding steroid dienone is 1. The van der Waals surface area contributed by atoms with Crippen molar-refractivity contribution in [3.63, 3.8) is 0 Å². The van der Waals surface area contributed by atoms with Gasteiger partial charge in [0.2, 0.25) is 5.70 Å². The molecule has 2 heterocycles. The lowest BCUT2D eigenvalue weighted by molar-refractivity contribution is -0.750. The number of hydrogen-bond donors (Lipinski definition) is 2. The summed E-state index contributed by atoms with van der Waals surface area (Å²) in [4.78, 5) is 20.2. The number of aliphatic imine (C=N–C) groups is 2. The van der Waals surface area contributed by atoms with Gasteiger partial charge >= 0.3 is 0 Å². The zero-order valence-corrected chi connectivity index (χ0v) is 14.4. The number of quaternary nitrogens is 1. The standard InChI is InChI=1S/C20H17N5O2/c21-19(26)18-17-12-23-9-10-25(17,22)20(24-18)15-7-4-8-16(11-15)27-13-14-5-2-1-3-6-14/h1-12H,13,22H2,(H-,21,26)/p+1. The molecule has 7 nitrogen and oxygen atoms in total. The van der Waals surface area contributed by atoms with Crippen LogP contribution in [0.2, 0.25) is 0 Å². The van der Waals surface area contributed by atoms with Crippen LogP contribution in [0.15, 0.2) is 88.4 Å². The Hall–Kier alpha value is -3.55. The molecule has 0 bridgehead atoms. The van der Waals surface area contributed by atoms with Crippen LogP contribution >= 0.6 is 0 Å². The average molecular weight is 360 g/mol. The van der Waals surface area contributed by atoms with Crippen molar-refractivity contribution in [3.8, 4) is 5.75 Å². The molecule has 2 aromatic carbocycles. The van der Waals surface area contributed by atoms with E-state index in [-0.39, 0.29) is 10.3 Å². The molecule has 27 heavy (non-hydrogen) atoms. The summed E-state index contributed by atoms with van der Waals surface area (Å²) in [5.41, 5.74) is 7.82. The maximum Gasteiger partial charge on any atom is 0.273 e. The minimum atomic E-state index is -0.647. The maximum absolute atomic E-state index is 11.8. The van der Waals surface area contributed by atoms with Gasteiger partial charge in [0.25, 0.3) is 11.7 Å². The predicted octanol–water partition coefficient (Wildman–Crippen LogP) is 1.97. The second-order valence-corrected chi connectivity index (χ2v) is 6.19. The van der Waals surface area contributed by atoms with Crippen LogP contribution in [0, 0.1) is 0 Å². The number of carbonyl (C=O) groups is 1. The average Bonchev–Trinajstić information content (AvgIpc) is 3.01. The molecule has 2 aliphatic rings. The minimum absolute atomic E-state index is 0.108. The number of ether oxygens (including phenoxy) is 1. The number of amidine groups is 1. The molecule has 2 aliphatic heterocycles. The fourth-order valence-electron chi connectivity index (χ4n) is 3.03. The number of nitrogens with zero attached hydrogens (tertiary/aromatic N) is 3. The van der Waals surface area contributed by atoms with E-state index in [9.17, 15) is 4.79 Å². The fraction of sp³-hybridized carbons (Fsp3) is 0.0500. The van der Waals surface area contributed by atoms with Crippen LogP contribution in [-0.4, -0.2) is 22.5 Å². The quantitative estimate of drug-likeness (QED) is 0.629. The van der Waals surface area contributed by atoms with Gasteiger partial charge in [-0.2, -0.15) is 10.8 Å². The summed E-state index contributed by atoms with van der Waals surface area (Å²) in [6, 6.07) is 17.3. The van der Waals surface area contributed by atoms with Gasteiger partial charge in [-0.3, -0.25) is 9.79 Å². The molecule has 0 aromatic heterocycles. The summed E-state index contributed by atoms with van der Waals surface area (Å²) in [6.45, 7) is 0.446. The summed E-state index contributed by atoms with van der Waals surface area (Å²) in [5, 5.41) is 0. The lowest BCUT2D eigenvalue weighted by Crippen LogP contribution is -2.53. The minimum Gasteiger partial charge on any atom is -0.489 e. The second kappa shape index (κ2) is 6.64. The number of benzene rings is 2. The van der Waals surface area contributed by atoms with Gasteiger partial charge in [0.1, 0.15) is 18.6 Å². The van der Waals surface area contributed by atoms with Crippen molar-refractivity contribution in [2.24, 2.45) is 21.6 Å². The van der Waals surface area contributed by atoms with Gasteiger partial charge in [-0.15, -0.1) is 4.59 Å². The SMILES string of the molecule is NC(=O)C1=C2C=NC=C[N+]2(N)C(c2cccc(OCc3ccccc3)c2)=N1. The highest BCUT2D eigenvalue weighted by molar-refractivity contribution is 6.08. The number of primary amides is 1. The molecule has 0 radical (unpaired) electrons. The molecule has 1 amide bonds. The summed E-state index contributed by atoms with van der Waals surface area (Å²) >= 11 is 0.